The van der Waals surface area contributed by atoms with Crippen LogP contribution in [0, 0.1) is 24.0 Å². The molecule has 0 saturated heterocycles. The van der Waals surface area contributed by atoms with Crippen molar-refractivity contribution in [2.45, 2.75) is 40.3 Å². The molecule has 0 aliphatic heterocycles. The van der Waals surface area contributed by atoms with Crippen LogP contribution in [0.4, 0.5) is 11.4 Å². The van der Waals surface area contributed by atoms with Crippen LogP contribution in [0.3, 0.4) is 0 Å². The number of nitro groups is 1. The first kappa shape index (κ1) is 15.1. The third-order valence-electron chi connectivity index (χ3n) is 3.52. The van der Waals surface area contributed by atoms with Crippen LogP contribution in [-0.4, -0.2) is 9.49 Å². The first-order chi connectivity index (χ1) is 10.0. The van der Waals surface area contributed by atoms with Crippen molar-refractivity contribution < 1.29 is 4.92 Å². The summed E-state index contributed by atoms with van der Waals surface area (Å²) in [7, 11) is 0. The highest BCUT2D eigenvalue weighted by Crippen LogP contribution is 2.26. The van der Waals surface area contributed by atoms with Crippen molar-refractivity contribution in [1.82, 2.24) is 4.57 Å². The molecule has 0 atom stereocenters. The van der Waals surface area contributed by atoms with E-state index in [1.807, 2.05) is 13.0 Å². The summed E-state index contributed by atoms with van der Waals surface area (Å²) in [5.74, 6) is 0. The van der Waals surface area contributed by atoms with E-state index in [2.05, 4.69) is 35.3 Å². The van der Waals surface area contributed by atoms with E-state index >= 15 is 0 Å². The second-order valence-corrected chi connectivity index (χ2v) is 5.32. The monoisotopic (exact) mass is 287 g/mol. The van der Waals surface area contributed by atoms with E-state index in [4.69, 9.17) is 0 Å². The quantitative estimate of drug-likeness (QED) is 0.644. The molecule has 0 radical (unpaired) electrons. The van der Waals surface area contributed by atoms with Crippen LogP contribution >= 0.6 is 0 Å². The predicted molar refractivity (Wildman–Crippen MR) is 84.6 cm³/mol. The van der Waals surface area contributed by atoms with Gasteiger partial charge in [0.2, 0.25) is 0 Å². The molecule has 1 N–H and O–H groups in total. The number of hydrogen-bond donors (Lipinski definition) is 1. The Balaban J connectivity index is 2.11. The van der Waals surface area contributed by atoms with E-state index in [0.29, 0.717) is 12.1 Å². The molecule has 2 rings (SSSR count). The Hall–Kier alpha value is -2.30. The molecule has 1 aromatic carbocycles. The van der Waals surface area contributed by atoms with E-state index in [-0.39, 0.29) is 10.6 Å². The largest absolute Gasteiger partial charge is 0.380 e. The molecule has 0 spiro atoms. The second-order valence-electron chi connectivity index (χ2n) is 5.32. The summed E-state index contributed by atoms with van der Waals surface area (Å²) in [5.41, 5.74) is 3.86. The zero-order valence-electron chi connectivity index (χ0n) is 12.7. The van der Waals surface area contributed by atoms with Crippen LogP contribution in [0.2, 0.25) is 0 Å². The number of nitrogens with zero attached hydrogens (tertiary/aromatic N) is 2. The van der Waals surface area contributed by atoms with Gasteiger partial charge >= 0.3 is 0 Å². The van der Waals surface area contributed by atoms with Crippen LogP contribution in [0.25, 0.3) is 0 Å². The lowest BCUT2D eigenvalue weighted by Crippen LogP contribution is -2.02. The SMILES string of the molecule is CCCn1ccc(CNc2cc([N+](=O)[O-])c(C)cc2C)c1. The van der Waals surface area contributed by atoms with Gasteiger partial charge < -0.3 is 9.88 Å². The lowest BCUT2D eigenvalue weighted by molar-refractivity contribution is -0.385. The predicted octanol–water partition coefficient (Wildman–Crippen LogP) is 4.04. The number of aromatic nitrogens is 1. The molecule has 0 aliphatic carbocycles. The minimum atomic E-state index is -0.336. The van der Waals surface area contributed by atoms with E-state index in [1.54, 1.807) is 13.0 Å². The number of nitro benzene ring substituents is 1. The van der Waals surface area contributed by atoms with Gasteiger partial charge in [-0.25, -0.2) is 0 Å². The normalized spacial score (nSPS) is 10.6. The molecule has 0 aliphatic rings. The van der Waals surface area contributed by atoms with Crippen LogP contribution in [0.1, 0.15) is 30.0 Å². The summed E-state index contributed by atoms with van der Waals surface area (Å²) in [5, 5.41) is 14.3. The van der Waals surface area contributed by atoms with E-state index in [1.165, 1.54) is 5.56 Å². The van der Waals surface area contributed by atoms with Gasteiger partial charge in [0.25, 0.3) is 5.69 Å². The Labute approximate surface area is 124 Å². The summed E-state index contributed by atoms with van der Waals surface area (Å²) < 4.78 is 2.15. The van der Waals surface area contributed by atoms with Gasteiger partial charge in [0.1, 0.15) is 0 Å². The highest BCUT2D eigenvalue weighted by atomic mass is 16.6. The molecular weight excluding hydrogens is 266 g/mol. The lowest BCUT2D eigenvalue weighted by atomic mass is 10.1. The molecule has 1 aromatic heterocycles. The second kappa shape index (κ2) is 6.43. The molecule has 5 nitrogen and oxygen atoms in total. The van der Waals surface area contributed by atoms with Gasteiger partial charge in [-0.05, 0) is 43.5 Å². The Morgan fingerprint density at radius 2 is 2.05 bits per heavy atom. The lowest BCUT2D eigenvalue weighted by Gasteiger charge is -2.10. The Morgan fingerprint density at radius 1 is 1.29 bits per heavy atom. The molecule has 0 bridgehead atoms. The number of benzene rings is 1. The van der Waals surface area contributed by atoms with E-state index in [9.17, 15) is 10.1 Å². The topological polar surface area (TPSA) is 60.1 Å². The third kappa shape index (κ3) is 3.62. The minimum absolute atomic E-state index is 0.159. The molecule has 112 valence electrons. The summed E-state index contributed by atoms with van der Waals surface area (Å²) in [6.07, 6.45) is 5.27. The maximum Gasteiger partial charge on any atom is 0.274 e. The molecule has 1 heterocycles. The highest BCUT2D eigenvalue weighted by Gasteiger charge is 2.13. The number of anilines is 1. The van der Waals surface area contributed by atoms with Gasteiger partial charge in [-0.15, -0.1) is 0 Å². The Kier molecular flexibility index (Phi) is 4.62. The fourth-order valence-electron chi connectivity index (χ4n) is 2.42. The maximum absolute atomic E-state index is 11.0. The summed E-state index contributed by atoms with van der Waals surface area (Å²) in [6, 6.07) is 5.54. The molecule has 0 fully saturated rings. The first-order valence-corrected chi connectivity index (χ1v) is 7.15. The number of nitrogens with one attached hydrogen (secondary N) is 1. The third-order valence-corrected chi connectivity index (χ3v) is 3.52. The molecule has 0 amide bonds. The van der Waals surface area contributed by atoms with Gasteiger partial charge in [0, 0.05) is 42.8 Å². The Bertz CT molecular complexity index is 647. The fourth-order valence-corrected chi connectivity index (χ4v) is 2.42. The fraction of sp³-hybridized carbons (Fsp3) is 0.375. The number of rotatable bonds is 6. The zero-order valence-corrected chi connectivity index (χ0v) is 12.7. The van der Waals surface area contributed by atoms with Crippen molar-refractivity contribution in [1.29, 1.82) is 0 Å². The first-order valence-electron chi connectivity index (χ1n) is 7.15. The summed E-state index contributed by atoms with van der Waals surface area (Å²) in [6.45, 7) is 7.54. The molecule has 21 heavy (non-hydrogen) atoms. The van der Waals surface area contributed by atoms with Crippen LogP contribution in [0.15, 0.2) is 30.6 Å². The van der Waals surface area contributed by atoms with Crippen molar-refractivity contribution in [3.63, 3.8) is 0 Å². The van der Waals surface area contributed by atoms with Gasteiger partial charge in [-0.2, -0.15) is 0 Å². The van der Waals surface area contributed by atoms with Gasteiger partial charge in [-0.3, -0.25) is 10.1 Å². The highest BCUT2D eigenvalue weighted by molar-refractivity contribution is 5.60. The van der Waals surface area contributed by atoms with Crippen LogP contribution in [-0.2, 0) is 13.1 Å². The van der Waals surface area contributed by atoms with Gasteiger partial charge in [0.05, 0.1) is 4.92 Å². The van der Waals surface area contributed by atoms with Crippen molar-refractivity contribution in [3.8, 4) is 0 Å². The maximum atomic E-state index is 11.0. The Morgan fingerprint density at radius 3 is 2.71 bits per heavy atom. The van der Waals surface area contributed by atoms with Gasteiger partial charge in [-0.1, -0.05) is 6.92 Å². The number of aryl methyl sites for hydroxylation is 3. The summed E-state index contributed by atoms with van der Waals surface area (Å²) >= 11 is 0. The van der Waals surface area contributed by atoms with E-state index < -0.39 is 0 Å². The zero-order chi connectivity index (χ0) is 15.4. The van der Waals surface area contributed by atoms with Crippen LogP contribution < -0.4 is 5.32 Å². The average molecular weight is 287 g/mol. The summed E-state index contributed by atoms with van der Waals surface area (Å²) in [4.78, 5) is 10.7. The van der Waals surface area contributed by atoms with Crippen LogP contribution in [0.5, 0.6) is 0 Å². The van der Waals surface area contributed by atoms with Crippen molar-refractivity contribution in [2.75, 3.05) is 5.32 Å². The smallest absolute Gasteiger partial charge is 0.274 e. The van der Waals surface area contributed by atoms with Crippen molar-refractivity contribution >= 4 is 11.4 Å². The van der Waals surface area contributed by atoms with Crippen molar-refractivity contribution in [3.05, 3.63) is 57.4 Å². The molecule has 0 unspecified atom stereocenters. The molecule has 2 aromatic rings. The van der Waals surface area contributed by atoms with Crippen molar-refractivity contribution in [2.24, 2.45) is 0 Å². The molecular formula is C16H21N3O2. The molecule has 5 heteroatoms. The number of hydrogen-bond acceptors (Lipinski definition) is 3. The van der Waals surface area contributed by atoms with Gasteiger partial charge in [0.15, 0.2) is 0 Å². The average Bonchev–Trinajstić information content (AvgIpc) is 2.85. The molecule has 0 saturated carbocycles. The van der Waals surface area contributed by atoms with E-state index in [0.717, 1.165) is 24.2 Å². The minimum Gasteiger partial charge on any atom is -0.380 e. The standard InChI is InChI=1S/C16H21N3O2/c1-4-6-18-7-5-14(11-18)10-17-15-9-16(19(20)21)13(3)8-12(15)2/h5,7-9,11,17H,4,6,10H2,1-3H3.